The Morgan fingerprint density at radius 1 is 1.52 bits per heavy atom. The molecule has 1 aromatic carbocycles. The molecule has 5 nitrogen and oxygen atoms in total. The zero-order chi connectivity index (χ0) is 15.8. The standard InChI is InChI=1S/C15H20N2O3S/c1-11(10-21(3)19)17-15(18)13-6-7-14(20-2)12(9-13)5-4-8-16/h6-7,9,11H,8,10,16H2,1-3H3,(H,17,18). The first kappa shape index (κ1) is 17.2. The van der Waals surface area contributed by atoms with Crippen molar-refractivity contribution in [3.8, 4) is 17.6 Å². The fraction of sp³-hybridized carbons (Fsp3) is 0.400. The first-order valence-corrected chi connectivity index (χ1v) is 8.18. The summed E-state index contributed by atoms with van der Waals surface area (Å²) in [7, 11) is 0.590. The zero-order valence-corrected chi connectivity index (χ0v) is 13.3. The number of methoxy groups -OCH3 is 1. The van der Waals surface area contributed by atoms with Crippen molar-refractivity contribution in [1.29, 1.82) is 0 Å². The summed E-state index contributed by atoms with van der Waals surface area (Å²) in [5.41, 5.74) is 6.45. The van der Waals surface area contributed by atoms with Gasteiger partial charge in [-0.2, -0.15) is 0 Å². The molecule has 0 saturated carbocycles. The third-order valence-corrected chi connectivity index (χ3v) is 3.62. The second-order valence-electron chi connectivity index (χ2n) is 4.54. The Hall–Kier alpha value is -1.84. The molecule has 6 heteroatoms. The van der Waals surface area contributed by atoms with Crippen LogP contribution in [0.5, 0.6) is 5.75 Å². The van der Waals surface area contributed by atoms with Gasteiger partial charge in [0.05, 0.1) is 19.2 Å². The molecular formula is C15H20N2O3S. The summed E-state index contributed by atoms with van der Waals surface area (Å²) in [4.78, 5) is 12.1. The van der Waals surface area contributed by atoms with E-state index in [1.807, 2.05) is 6.92 Å². The number of nitrogens with two attached hydrogens (primary N) is 1. The third-order valence-electron chi connectivity index (χ3n) is 2.65. The summed E-state index contributed by atoms with van der Waals surface area (Å²) in [6, 6.07) is 4.85. The molecule has 0 saturated heterocycles. The van der Waals surface area contributed by atoms with E-state index < -0.39 is 10.8 Å². The minimum Gasteiger partial charge on any atom is -0.495 e. The van der Waals surface area contributed by atoms with Gasteiger partial charge in [0.2, 0.25) is 0 Å². The average molecular weight is 308 g/mol. The van der Waals surface area contributed by atoms with Gasteiger partial charge in [-0.1, -0.05) is 11.8 Å². The maximum absolute atomic E-state index is 12.1. The van der Waals surface area contributed by atoms with Crippen LogP contribution in [0.15, 0.2) is 18.2 Å². The number of carbonyl (C=O) groups excluding carboxylic acids is 1. The maximum Gasteiger partial charge on any atom is 0.251 e. The van der Waals surface area contributed by atoms with Crippen LogP contribution in [0.3, 0.4) is 0 Å². The molecule has 3 N–H and O–H groups in total. The Morgan fingerprint density at radius 3 is 2.81 bits per heavy atom. The maximum atomic E-state index is 12.1. The molecule has 114 valence electrons. The highest BCUT2D eigenvalue weighted by molar-refractivity contribution is 7.84. The van der Waals surface area contributed by atoms with Crippen molar-refractivity contribution < 1.29 is 13.7 Å². The zero-order valence-electron chi connectivity index (χ0n) is 12.4. The highest BCUT2D eigenvalue weighted by Gasteiger charge is 2.12. The lowest BCUT2D eigenvalue weighted by Crippen LogP contribution is -2.36. The molecule has 0 radical (unpaired) electrons. The Kier molecular flexibility index (Phi) is 6.92. The molecule has 0 aliphatic rings. The topological polar surface area (TPSA) is 81.4 Å². The molecule has 0 bridgehead atoms. The van der Waals surface area contributed by atoms with Crippen LogP contribution in [0.4, 0.5) is 0 Å². The van der Waals surface area contributed by atoms with Crippen molar-refractivity contribution in [3.63, 3.8) is 0 Å². The molecule has 0 aromatic heterocycles. The summed E-state index contributed by atoms with van der Waals surface area (Å²) >= 11 is 0. The number of ether oxygens (including phenoxy) is 1. The number of nitrogens with one attached hydrogen (secondary N) is 1. The van der Waals surface area contributed by atoms with Crippen molar-refractivity contribution in [3.05, 3.63) is 29.3 Å². The van der Waals surface area contributed by atoms with Gasteiger partial charge in [-0.3, -0.25) is 9.00 Å². The van der Waals surface area contributed by atoms with Gasteiger partial charge in [0.15, 0.2) is 0 Å². The van der Waals surface area contributed by atoms with E-state index in [-0.39, 0.29) is 18.5 Å². The number of rotatable bonds is 5. The van der Waals surface area contributed by atoms with Gasteiger partial charge in [0.25, 0.3) is 5.91 Å². The Labute approximate surface area is 127 Å². The monoisotopic (exact) mass is 308 g/mol. The molecule has 0 aliphatic heterocycles. The number of hydrogen-bond donors (Lipinski definition) is 2. The van der Waals surface area contributed by atoms with Crippen molar-refractivity contribution in [2.75, 3.05) is 25.7 Å². The van der Waals surface area contributed by atoms with Crippen LogP contribution in [-0.2, 0) is 10.8 Å². The van der Waals surface area contributed by atoms with Gasteiger partial charge in [0.1, 0.15) is 5.75 Å². The summed E-state index contributed by atoms with van der Waals surface area (Å²) < 4.78 is 16.3. The minimum atomic E-state index is -0.953. The van der Waals surface area contributed by atoms with E-state index in [4.69, 9.17) is 10.5 Å². The van der Waals surface area contributed by atoms with Gasteiger partial charge in [-0.05, 0) is 25.1 Å². The minimum absolute atomic E-state index is 0.163. The molecule has 1 rings (SSSR count). The first-order valence-electron chi connectivity index (χ1n) is 6.45. The summed E-state index contributed by atoms with van der Waals surface area (Å²) in [5, 5.41) is 2.80. The van der Waals surface area contributed by atoms with E-state index in [1.54, 1.807) is 31.6 Å². The van der Waals surface area contributed by atoms with Crippen LogP contribution < -0.4 is 15.8 Å². The van der Waals surface area contributed by atoms with Crippen LogP contribution in [0.2, 0.25) is 0 Å². The molecule has 21 heavy (non-hydrogen) atoms. The van der Waals surface area contributed by atoms with E-state index in [0.29, 0.717) is 22.6 Å². The van der Waals surface area contributed by atoms with E-state index in [1.165, 1.54) is 0 Å². The first-order chi connectivity index (χ1) is 9.97. The number of benzene rings is 1. The van der Waals surface area contributed by atoms with E-state index in [9.17, 15) is 9.00 Å². The number of amides is 1. The van der Waals surface area contributed by atoms with Gasteiger partial charge < -0.3 is 15.8 Å². The van der Waals surface area contributed by atoms with Crippen LogP contribution >= 0.6 is 0 Å². The Morgan fingerprint density at radius 2 is 2.24 bits per heavy atom. The molecule has 1 aromatic rings. The van der Waals surface area contributed by atoms with Crippen molar-refractivity contribution in [2.45, 2.75) is 13.0 Å². The SMILES string of the molecule is COc1ccc(C(=O)NC(C)CS(C)=O)cc1C#CCN. The molecule has 0 spiro atoms. The molecule has 0 aliphatic carbocycles. The van der Waals surface area contributed by atoms with Crippen molar-refractivity contribution >= 4 is 16.7 Å². The van der Waals surface area contributed by atoms with Gasteiger partial charge >= 0.3 is 0 Å². The van der Waals surface area contributed by atoms with Gasteiger partial charge in [0, 0.05) is 34.4 Å². The van der Waals surface area contributed by atoms with Crippen LogP contribution in [-0.4, -0.2) is 41.8 Å². The van der Waals surface area contributed by atoms with Gasteiger partial charge in [-0.15, -0.1) is 0 Å². The predicted octanol–water partition coefficient (Wildman–Crippen LogP) is 0.502. The number of carbonyl (C=O) groups is 1. The smallest absolute Gasteiger partial charge is 0.251 e. The van der Waals surface area contributed by atoms with Crippen LogP contribution in [0.25, 0.3) is 0 Å². The van der Waals surface area contributed by atoms with Crippen molar-refractivity contribution in [2.24, 2.45) is 5.73 Å². The summed E-state index contributed by atoms with van der Waals surface area (Å²) in [6.45, 7) is 2.05. The molecule has 2 atom stereocenters. The highest BCUT2D eigenvalue weighted by atomic mass is 32.2. The number of hydrogen-bond acceptors (Lipinski definition) is 4. The van der Waals surface area contributed by atoms with E-state index >= 15 is 0 Å². The normalized spacial score (nSPS) is 12.8. The Bertz CT molecular complexity index is 590. The van der Waals surface area contributed by atoms with Crippen molar-refractivity contribution in [1.82, 2.24) is 5.32 Å². The lowest BCUT2D eigenvalue weighted by Gasteiger charge is -2.13. The second kappa shape index (κ2) is 8.45. The van der Waals surface area contributed by atoms with E-state index in [2.05, 4.69) is 17.2 Å². The molecule has 0 heterocycles. The molecular weight excluding hydrogens is 288 g/mol. The quantitative estimate of drug-likeness (QED) is 0.776. The largest absolute Gasteiger partial charge is 0.495 e. The highest BCUT2D eigenvalue weighted by Crippen LogP contribution is 2.18. The Balaban J connectivity index is 2.92. The van der Waals surface area contributed by atoms with Crippen LogP contribution in [0, 0.1) is 11.8 Å². The average Bonchev–Trinajstić information content (AvgIpc) is 2.43. The molecule has 1 amide bonds. The fourth-order valence-corrected chi connectivity index (χ4v) is 2.58. The van der Waals surface area contributed by atoms with Crippen LogP contribution in [0.1, 0.15) is 22.8 Å². The van der Waals surface area contributed by atoms with E-state index in [0.717, 1.165) is 0 Å². The summed E-state index contributed by atoms with van der Waals surface area (Å²) in [5.74, 6) is 6.40. The third kappa shape index (κ3) is 5.58. The summed E-state index contributed by atoms with van der Waals surface area (Å²) in [6.07, 6.45) is 1.61. The fourth-order valence-electron chi connectivity index (χ4n) is 1.79. The lowest BCUT2D eigenvalue weighted by molar-refractivity contribution is 0.0943. The van der Waals surface area contributed by atoms with Gasteiger partial charge in [-0.25, -0.2) is 0 Å². The lowest BCUT2D eigenvalue weighted by atomic mass is 10.1. The molecule has 0 fully saturated rings. The predicted molar refractivity (Wildman–Crippen MR) is 84.8 cm³/mol. The molecule has 2 unspecified atom stereocenters. The second-order valence-corrected chi connectivity index (χ2v) is 6.02.